The molecule has 0 spiro atoms. The summed E-state index contributed by atoms with van der Waals surface area (Å²) in [5.74, 6) is 0.347. The Hall–Kier alpha value is -1.55. The van der Waals surface area contributed by atoms with Gasteiger partial charge in [0.15, 0.2) is 5.96 Å². The Morgan fingerprint density at radius 2 is 1.91 bits per heavy atom. The molecule has 0 aliphatic rings. The summed E-state index contributed by atoms with van der Waals surface area (Å²) in [6.45, 7) is 4.80. The molecule has 0 aromatic heterocycles. The van der Waals surface area contributed by atoms with Gasteiger partial charge in [-0.3, -0.25) is 9.79 Å². The predicted molar refractivity (Wildman–Crippen MR) is 102 cm³/mol. The minimum absolute atomic E-state index is 0. The van der Waals surface area contributed by atoms with E-state index in [1.165, 1.54) is 6.07 Å². The third-order valence-corrected chi connectivity index (χ3v) is 2.76. The number of phenolic OH excluding ortho intramolecular Hbond substituents is 1. The van der Waals surface area contributed by atoms with Gasteiger partial charge in [0, 0.05) is 26.7 Å². The second-order valence-corrected chi connectivity index (χ2v) is 4.45. The molecule has 130 valence electrons. The van der Waals surface area contributed by atoms with Crippen LogP contribution >= 0.6 is 24.0 Å². The molecule has 23 heavy (non-hydrogen) atoms. The molecule has 4 N–H and O–H groups in total. The second-order valence-electron chi connectivity index (χ2n) is 4.45. The van der Waals surface area contributed by atoms with Crippen molar-refractivity contribution in [2.45, 2.75) is 6.92 Å². The van der Waals surface area contributed by atoms with Crippen LogP contribution in [0.5, 0.6) is 5.75 Å². The number of rotatable bonds is 8. The summed E-state index contributed by atoms with van der Waals surface area (Å²) in [4.78, 5) is 16.2. The monoisotopic (exact) mass is 436 g/mol. The van der Waals surface area contributed by atoms with Crippen LogP contribution in [0.4, 0.5) is 0 Å². The third kappa shape index (κ3) is 8.60. The number of nitrogens with zero attached hydrogens (tertiary/aromatic N) is 1. The van der Waals surface area contributed by atoms with Gasteiger partial charge < -0.3 is 25.8 Å². The summed E-state index contributed by atoms with van der Waals surface area (Å²) in [5.41, 5.74) is 0.267. The first kappa shape index (κ1) is 21.4. The van der Waals surface area contributed by atoms with Gasteiger partial charge in [0.25, 0.3) is 5.91 Å². The van der Waals surface area contributed by atoms with Crippen LogP contribution in [0, 0.1) is 0 Å². The Balaban J connectivity index is 0.00000484. The predicted octanol–water partition coefficient (Wildman–Crippen LogP) is 0.942. The lowest BCUT2D eigenvalue weighted by molar-refractivity contribution is 0.0951. The maximum atomic E-state index is 11.9. The van der Waals surface area contributed by atoms with Gasteiger partial charge in [-0.05, 0) is 19.1 Å². The number of hydrogen-bond donors (Lipinski definition) is 4. The maximum Gasteiger partial charge on any atom is 0.255 e. The Labute approximate surface area is 153 Å². The molecule has 0 aliphatic carbocycles. The van der Waals surface area contributed by atoms with Gasteiger partial charge >= 0.3 is 0 Å². The molecule has 1 aromatic carbocycles. The van der Waals surface area contributed by atoms with Gasteiger partial charge in [0.2, 0.25) is 0 Å². The largest absolute Gasteiger partial charge is 0.507 e. The zero-order valence-electron chi connectivity index (χ0n) is 13.5. The highest BCUT2D eigenvalue weighted by molar-refractivity contribution is 14.0. The van der Waals surface area contributed by atoms with Crippen molar-refractivity contribution in [3.8, 4) is 5.75 Å². The normalized spacial score (nSPS) is 10.6. The number of methoxy groups -OCH3 is 1. The van der Waals surface area contributed by atoms with Crippen LogP contribution in [0.3, 0.4) is 0 Å². The van der Waals surface area contributed by atoms with E-state index in [1.54, 1.807) is 25.3 Å². The number of phenols is 1. The number of halogens is 1. The number of carbonyl (C=O) groups is 1. The van der Waals surface area contributed by atoms with E-state index >= 15 is 0 Å². The fraction of sp³-hybridized carbons (Fsp3) is 0.467. The number of aromatic hydroxyl groups is 1. The van der Waals surface area contributed by atoms with Crippen LogP contribution in [-0.2, 0) is 4.74 Å². The maximum absolute atomic E-state index is 11.9. The summed E-state index contributed by atoms with van der Waals surface area (Å²) >= 11 is 0. The molecule has 1 amide bonds. The SMILES string of the molecule is CCNC(=NCCOC)NCCNC(=O)c1ccccc1O.I. The van der Waals surface area contributed by atoms with Crippen molar-refractivity contribution in [3.63, 3.8) is 0 Å². The van der Waals surface area contributed by atoms with E-state index in [-0.39, 0.29) is 41.2 Å². The van der Waals surface area contributed by atoms with Gasteiger partial charge in [-0.25, -0.2) is 0 Å². The highest BCUT2D eigenvalue weighted by Crippen LogP contribution is 2.14. The molecular weight excluding hydrogens is 411 g/mol. The van der Waals surface area contributed by atoms with E-state index in [9.17, 15) is 9.90 Å². The molecule has 0 bridgehead atoms. The van der Waals surface area contributed by atoms with Gasteiger partial charge in [-0.1, -0.05) is 12.1 Å². The second kappa shape index (κ2) is 12.9. The number of carbonyl (C=O) groups excluding carboxylic acids is 1. The first-order valence-electron chi connectivity index (χ1n) is 7.26. The summed E-state index contributed by atoms with van der Waals surface area (Å²) in [5, 5.41) is 18.5. The van der Waals surface area contributed by atoms with Crippen LogP contribution in [-0.4, -0.2) is 56.9 Å². The zero-order chi connectivity index (χ0) is 16.2. The Morgan fingerprint density at radius 3 is 2.57 bits per heavy atom. The minimum atomic E-state index is -0.304. The molecule has 7 nitrogen and oxygen atoms in total. The van der Waals surface area contributed by atoms with Gasteiger partial charge in [-0.2, -0.15) is 0 Å². The van der Waals surface area contributed by atoms with Crippen molar-refractivity contribution < 1.29 is 14.6 Å². The van der Waals surface area contributed by atoms with E-state index in [0.29, 0.717) is 32.2 Å². The van der Waals surface area contributed by atoms with Crippen molar-refractivity contribution in [1.29, 1.82) is 0 Å². The summed E-state index contributed by atoms with van der Waals surface area (Å²) in [7, 11) is 1.63. The average molecular weight is 436 g/mol. The lowest BCUT2D eigenvalue weighted by atomic mass is 10.2. The number of benzene rings is 1. The first-order chi connectivity index (χ1) is 10.7. The number of guanidine groups is 1. The topological polar surface area (TPSA) is 95.0 Å². The summed E-state index contributed by atoms with van der Waals surface area (Å²) < 4.78 is 4.94. The van der Waals surface area contributed by atoms with Gasteiger partial charge in [0.05, 0.1) is 18.7 Å². The van der Waals surface area contributed by atoms with E-state index in [2.05, 4.69) is 20.9 Å². The molecule has 0 unspecified atom stereocenters. The van der Waals surface area contributed by atoms with E-state index in [1.807, 2.05) is 6.92 Å². The number of amides is 1. The molecular formula is C15H25IN4O3. The smallest absolute Gasteiger partial charge is 0.255 e. The standard InChI is InChI=1S/C15H24N4O3.HI/c1-3-16-15(19-10-11-22-2)18-9-8-17-14(21)12-6-4-5-7-13(12)20;/h4-7,20H,3,8-11H2,1-2H3,(H,17,21)(H2,16,18,19);1H. The molecule has 0 aliphatic heterocycles. The Bertz CT molecular complexity index is 497. The van der Waals surface area contributed by atoms with Crippen LogP contribution in [0.2, 0.25) is 0 Å². The Morgan fingerprint density at radius 1 is 1.22 bits per heavy atom. The number of ether oxygens (including phenoxy) is 1. The van der Waals surface area contributed by atoms with Crippen molar-refractivity contribution in [2.24, 2.45) is 4.99 Å². The Kier molecular flexibility index (Phi) is 12.1. The van der Waals surface area contributed by atoms with E-state index in [0.717, 1.165) is 6.54 Å². The molecule has 1 rings (SSSR count). The van der Waals surface area contributed by atoms with Crippen LogP contribution < -0.4 is 16.0 Å². The molecule has 1 aromatic rings. The molecule has 0 saturated carbocycles. The number of para-hydroxylation sites is 1. The van der Waals surface area contributed by atoms with Gasteiger partial charge in [-0.15, -0.1) is 24.0 Å². The first-order valence-corrected chi connectivity index (χ1v) is 7.26. The lowest BCUT2D eigenvalue weighted by Gasteiger charge is -2.12. The molecule has 8 heteroatoms. The van der Waals surface area contributed by atoms with E-state index in [4.69, 9.17) is 4.74 Å². The van der Waals surface area contributed by atoms with Crippen molar-refractivity contribution in [1.82, 2.24) is 16.0 Å². The fourth-order valence-corrected chi connectivity index (χ4v) is 1.71. The number of hydrogen-bond acceptors (Lipinski definition) is 4. The molecule has 0 atom stereocenters. The molecule has 0 radical (unpaired) electrons. The van der Waals surface area contributed by atoms with Crippen molar-refractivity contribution >= 4 is 35.8 Å². The third-order valence-electron chi connectivity index (χ3n) is 2.76. The highest BCUT2D eigenvalue weighted by Gasteiger charge is 2.08. The fourth-order valence-electron chi connectivity index (χ4n) is 1.71. The minimum Gasteiger partial charge on any atom is -0.507 e. The zero-order valence-corrected chi connectivity index (χ0v) is 15.8. The molecule has 0 heterocycles. The lowest BCUT2D eigenvalue weighted by Crippen LogP contribution is -2.41. The van der Waals surface area contributed by atoms with Gasteiger partial charge in [0.1, 0.15) is 5.75 Å². The molecule has 0 saturated heterocycles. The van der Waals surface area contributed by atoms with Crippen molar-refractivity contribution in [3.05, 3.63) is 29.8 Å². The quantitative estimate of drug-likeness (QED) is 0.211. The number of nitrogens with one attached hydrogen (secondary N) is 3. The summed E-state index contributed by atoms with van der Waals surface area (Å²) in [6.07, 6.45) is 0. The van der Waals surface area contributed by atoms with Crippen molar-refractivity contribution in [2.75, 3.05) is 39.9 Å². The van der Waals surface area contributed by atoms with Crippen LogP contribution in [0.15, 0.2) is 29.3 Å². The van der Waals surface area contributed by atoms with Crippen LogP contribution in [0.25, 0.3) is 0 Å². The average Bonchev–Trinajstić information content (AvgIpc) is 2.52. The van der Waals surface area contributed by atoms with E-state index < -0.39 is 0 Å². The van der Waals surface area contributed by atoms with Crippen LogP contribution in [0.1, 0.15) is 17.3 Å². The summed E-state index contributed by atoms with van der Waals surface area (Å²) in [6, 6.07) is 6.44. The highest BCUT2D eigenvalue weighted by atomic mass is 127. The molecule has 0 fully saturated rings. The number of aliphatic imine (C=N–C) groups is 1.